The summed E-state index contributed by atoms with van der Waals surface area (Å²) in [4.78, 5) is 13.8. The van der Waals surface area contributed by atoms with Crippen molar-refractivity contribution in [3.05, 3.63) is 11.4 Å². The number of hydrogen-bond donors (Lipinski definition) is 2. The average molecular weight is 286 g/mol. The van der Waals surface area contributed by atoms with Crippen molar-refractivity contribution in [3.63, 3.8) is 0 Å². The molecule has 0 spiro atoms. The Morgan fingerprint density at radius 1 is 1.37 bits per heavy atom. The topological polar surface area (TPSA) is 109 Å². The van der Waals surface area contributed by atoms with Crippen LogP contribution in [0, 0.1) is 18.8 Å². The van der Waals surface area contributed by atoms with Crippen LogP contribution in [0.25, 0.3) is 0 Å². The number of carbonyl (C=O) groups is 1. The second-order valence-corrected chi connectivity index (χ2v) is 6.73. The van der Waals surface area contributed by atoms with Gasteiger partial charge >= 0.3 is 0 Å². The monoisotopic (exact) mass is 286 g/mol. The summed E-state index contributed by atoms with van der Waals surface area (Å²) in [6, 6.07) is 0. The van der Waals surface area contributed by atoms with Crippen molar-refractivity contribution >= 4 is 15.9 Å². The Bertz CT molecular complexity index is 597. The number of nitrogens with one attached hydrogen (secondary N) is 1. The first-order valence-corrected chi connectivity index (χ1v) is 7.63. The summed E-state index contributed by atoms with van der Waals surface area (Å²) in [5.41, 5.74) is 0.174. The van der Waals surface area contributed by atoms with Crippen LogP contribution >= 0.6 is 0 Å². The molecule has 19 heavy (non-hydrogen) atoms. The quantitative estimate of drug-likeness (QED) is 0.803. The Balaban J connectivity index is 2.36. The third kappa shape index (κ3) is 2.50. The van der Waals surface area contributed by atoms with Gasteiger partial charge in [-0.25, -0.2) is 13.6 Å². The van der Waals surface area contributed by atoms with Crippen molar-refractivity contribution in [2.45, 2.75) is 25.7 Å². The number of nitrogens with two attached hydrogens (primary N) is 1. The lowest BCUT2D eigenvalue weighted by Crippen LogP contribution is -2.31. The van der Waals surface area contributed by atoms with Crippen molar-refractivity contribution < 1.29 is 13.2 Å². The molecule has 1 aromatic heterocycles. The summed E-state index contributed by atoms with van der Waals surface area (Å²) in [6.07, 6.45) is 0. The maximum Gasteiger partial charge on any atom is 0.275 e. The van der Waals surface area contributed by atoms with Gasteiger partial charge in [0.05, 0.1) is 5.69 Å². The Morgan fingerprint density at radius 2 is 1.89 bits per heavy atom. The maximum absolute atomic E-state index is 12.3. The summed E-state index contributed by atoms with van der Waals surface area (Å²) in [5, 5.41) is 11.5. The molecule has 0 aromatic carbocycles. The van der Waals surface area contributed by atoms with E-state index in [-0.39, 0.29) is 22.2 Å². The van der Waals surface area contributed by atoms with Crippen molar-refractivity contribution in [3.8, 4) is 0 Å². The number of aromatic amines is 1. The molecule has 2 rings (SSSR count). The fraction of sp³-hybridized carbons (Fsp3) is 0.636. The summed E-state index contributed by atoms with van der Waals surface area (Å²) in [7, 11) is -3.96. The summed E-state index contributed by atoms with van der Waals surface area (Å²) >= 11 is 0. The van der Waals surface area contributed by atoms with Gasteiger partial charge in [-0.3, -0.25) is 9.89 Å². The molecule has 0 saturated carbocycles. The zero-order chi connectivity index (χ0) is 14.4. The summed E-state index contributed by atoms with van der Waals surface area (Å²) in [5.74, 6) is 0.397. The Labute approximate surface area is 112 Å². The third-order valence-electron chi connectivity index (χ3n) is 3.65. The van der Waals surface area contributed by atoms with Crippen LogP contribution in [0.1, 0.15) is 30.0 Å². The van der Waals surface area contributed by atoms with Crippen LogP contribution in [0.2, 0.25) is 0 Å². The lowest BCUT2D eigenvalue weighted by atomic mass is 10.0. The first kappa shape index (κ1) is 14.0. The van der Waals surface area contributed by atoms with Crippen LogP contribution in [0.5, 0.6) is 0 Å². The molecule has 2 heterocycles. The molecule has 1 aromatic rings. The molecule has 1 aliphatic heterocycles. The van der Waals surface area contributed by atoms with Gasteiger partial charge in [0.15, 0.2) is 5.69 Å². The van der Waals surface area contributed by atoms with Gasteiger partial charge in [-0.1, -0.05) is 13.8 Å². The van der Waals surface area contributed by atoms with E-state index in [2.05, 4.69) is 24.0 Å². The minimum atomic E-state index is -3.96. The van der Waals surface area contributed by atoms with Crippen molar-refractivity contribution in [1.82, 2.24) is 15.1 Å². The lowest BCUT2D eigenvalue weighted by molar-refractivity contribution is 0.0775. The highest BCUT2D eigenvalue weighted by atomic mass is 32.2. The predicted molar refractivity (Wildman–Crippen MR) is 68.9 cm³/mol. The molecular weight excluding hydrogens is 268 g/mol. The first-order valence-electron chi connectivity index (χ1n) is 6.09. The van der Waals surface area contributed by atoms with Crippen LogP contribution in [-0.2, 0) is 10.0 Å². The number of aromatic nitrogens is 2. The van der Waals surface area contributed by atoms with E-state index in [1.165, 1.54) is 6.92 Å². The number of H-pyrrole nitrogens is 1. The number of aryl methyl sites for hydroxylation is 1. The highest BCUT2D eigenvalue weighted by molar-refractivity contribution is 7.89. The molecule has 0 aliphatic carbocycles. The molecule has 2 unspecified atom stereocenters. The van der Waals surface area contributed by atoms with Gasteiger partial charge in [0, 0.05) is 13.1 Å². The fourth-order valence-electron chi connectivity index (χ4n) is 2.36. The normalized spacial score (nSPS) is 23.9. The predicted octanol–water partition coefficient (Wildman–Crippen LogP) is 0.0935. The van der Waals surface area contributed by atoms with Gasteiger partial charge < -0.3 is 4.90 Å². The van der Waals surface area contributed by atoms with Gasteiger partial charge in [0.1, 0.15) is 4.90 Å². The highest BCUT2D eigenvalue weighted by Crippen LogP contribution is 2.25. The minimum absolute atomic E-state index is 0.110. The van der Waals surface area contributed by atoms with E-state index in [0.717, 1.165) is 0 Å². The number of hydrogen-bond acceptors (Lipinski definition) is 4. The largest absolute Gasteiger partial charge is 0.337 e. The molecule has 106 valence electrons. The van der Waals surface area contributed by atoms with Crippen LogP contribution < -0.4 is 5.14 Å². The number of primary sulfonamides is 1. The van der Waals surface area contributed by atoms with E-state index in [9.17, 15) is 13.2 Å². The SMILES string of the molecule is Cc1[nH]nc(C(=O)N2CC(C)C(C)C2)c1S(N)(=O)=O. The van der Waals surface area contributed by atoms with Gasteiger partial charge in [0.2, 0.25) is 10.0 Å². The Kier molecular flexibility index (Phi) is 3.40. The molecule has 1 fully saturated rings. The molecule has 8 heteroatoms. The number of likely N-dealkylation sites (tertiary alicyclic amines) is 1. The van der Waals surface area contributed by atoms with Crippen LogP contribution in [0.4, 0.5) is 0 Å². The smallest absolute Gasteiger partial charge is 0.275 e. The van der Waals surface area contributed by atoms with Crippen molar-refractivity contribution in [2.75, 3.05) is 13.1 Å². The molecule has 3 N–H and O–H groups in total. The van der Waals surface area contributed by atoms with Gasteiger partial charge in [-0.2, -0.15) is 5.10 Å². The van der Waals surface area contributed by atoms with Crippen LogP contribution in [0.3, 0.4) is 0 Å². The number of sulfonamides is 1. The van der Waals surface area contributed by atoms with E-state index in [4.69, 9.17) is 5.14 Å². The van der Waals surface area contributed by atoms with E-state index < -0.39 is 10.0 Å². The van der Waals surface area contributed by atoms with E-state index in [1.807, 2.05) is 0 Å². The number of amides is 1. The number of carbonyl (C=O) groups excluding carboxylic acids is 1. The third-order valence-corrected chi connectivity index (χ3v) is 4.72. The van der Waals surface area contributed by atoms with Crippen LogP contribution in [0.15, 0.2) is 4.90 Å². The van der Waals surface area contributed by atoms with Crippen LogP contribution in [-0.4, -0.2) is 42.5 Å². The van der Waals surface area contributed by atoms with E-state index in [0.29, 0.717) is 24.9 Å². The summed E-state index contributed by atoms with van der Waals surface area (Å²) in [6.45, 7) is 6.87. The first-order chi connectivity index (χ1) is 8.71. The second kappa shape index (κ2) is 4.61. The van der Waals surface area contributed by atoms with Gasteiger partial charge in [-0.15, -0.1) is 0 Å². The molecular formula is C11H18N4O3S. The zero-order valence-electron chi connectivity index (χ0n) is 11.2. The highest BCUT2D eigenvalue weighted by Gasteiger charge is 2.34. The molecule has 1 amide bonds. The molecule has 0 radical (unpaired) electrons. The Hall–Kier alpha value is -1.41. The van der Waals surface area contributed by atoms with E-state index in [1.54, 1.807) is 4.90 Å². The van der Waals surface area contributed by atoms with Crippen molar-refractivity contribution in [2.24, 2.45) is 17.0 Å². The fourth-order valence-corrected chi connectivity index (χ4v) is 3.23. The zero-order valence-corrected chi connectivity index (χ0v) is 12.0. The number of rotatable bonds is 2. The molecule has 2 atom stereocenters. The van der Waals surface area contributed by atoms with Crippen molar-refractivity contribution in [1.29, 1.82) is 0 Å². The lowest BCUT2D eigenvalue weighted by Gasteiger charge is -2.15. The minimum Gasteiger partial charge on any atom is -0.337 e. The number of nitrogens with zero attached hydrogens (tertiary/aromatic N) is 2. The summed E-state index contributed by atoms with van der Waals surface area (Å²) < 4.78 is 23.1. The van der Waals surface area contributed by atoms with Gasteiger partial charge in [-0.05, 0) is 18.8 Å². The average Bonchev–Trinajstić information content (AvgIpc) is 2.82. The molecule has 1 aliphatic rings. The standard InChI is InChI=1S/C11H18N4O3S/c1-6-4-15(5-7(6)2)11(16)9-10(19(12,17)18)8(3)13-14-9/h6-7H,4-5H2,1-3H3,(H,13,14)(H2,12,17,18). The van der Waals surface area contributed by atoms with E-state index >= 15 is 0 Å². The molecule has 0 bridgehead atoms. The Morgan fingerprint density at radius 3 is 2.37 bits per heavy atom. The van der Waals surface area contributed by atoms with Gasteiger partial charge in [0.25, 0.3) is 5.91 Å². The molecule has 7 nitrogen and oxygen atoms in total. The second-order valence-electron chi connectivity index (χ2n) is 5.24. The maximum atomic E-state index is 12.3. The molecule has 1 saturated heterocycles.